The minimum absolute atomic E-state index is 0.0673. The normalized spacial score (nSPS) is 16.9. The van der Waals surface area contributed by atoms with E-state index in [1.807, 2.05) is 53.1 Å². The van der Waals surface area contributed by atoms with Gasteiger partial charge >= 0.3 is 0 Å². The van der Waals surface area contributed by atoms with Crippen molar-refractivity contribution in [2.75, 3.05) is 0 Å². The summed E-state index contributed by atoms with van der Waals surface area (Å²) in [6.45, 7) is 3.51. The number of fused-ring (bicyclic) bond motifs is 4. The smallest absolute Gasteiger partial charge is 0.280 e. The van der Waals surface area contributed by atoms with Crippen LogP contribution in [-0.2, 0) is 32.4 Å². The standard InChI is InChI=1S/C41H36N8O2/c1-2-27-13-16-36-46-34-22-30(26-43-38(34)41(51)49(36)20-17-27)12-15-32-9-5-10-33(45-32)21-28-7-6-19-48-37(24-28)47-35-23-29(25-44-39(35)40(48)50)11-14-31-8-3-4-18-42-31/h3-5,8-10,18,22-23,25-28H,2,6-7,13,16-17,19-21,24H2,1H3. The molecule has 0 spiro atoms. The molecule has 2 aliphatic rings. The third kappa shape index (κ3) is 6.91. The molecule has 10 nitrogen and oxygen atoms in total. The van der Waals surface area contributed by atoms with Gasteiger partial charge in [0, 0.05) is 61.3 Å². The fourth-order valence-corrected chi connectivity index (χ4v) is 7.18. The van der Waals surface area contributed by atoms with E-state index in [0.29, 0.717) is 70.0 Å². The van der Waals surface area contributed by atoms with E-state index in [4.69, 9.17) is 15.0 Å². The Bertz CT molecular complexity index is 2540. The lowest BCUT2D eigenvalue weighted by atomic mass is 9.94. The largest absolute Gasteiger partial charge is 0.295 e. The number of rotatable bonds is 3. The van der Waals surface area contributed by atoms with Crippen molar-refractivity contribution in [2.24, 2.45) is 11.8 Å². The zero-order valence-electron chi connectivity index (χ0n) is 28.5. The second-order valence-corrected chi connectivity index (χ2v) is 13.4. The van der Waals surface area contributed by atoms with Crippen LogP contribution in [0.3, 0.4) is 0 Å². The van der Waals surface area contributed by atoms with Gasteiger partial charge in [0.2, 0.25) is 0 Å². The van der Waals surface area contributed by atoms with Gasteiger partial charge < -0.3 is 0 Å². The van der Waals surface area contributed by atoms with Crippen LogP contribution in [0.1, 0.15) is 78.9 Å². The van der Waals surface area contributed by atoms with E-state index >= 15 is 0 Å². The summed E-state index contributed by atoms with van der Waals surface area (Å²) in [7, 11) is 0. The first kappa shape index (κ1) is 32.2. The number of nitrogens with zero attached hydrogens (tertiary/aromatic N) is 8. The first-order valence-electron chi connectivity index (χ1n) is 17.7. The summed E-state index contributed by atoms with van der Waals surface area (Å²) in [4.78, 5) is 54.5. The molecule has 2 aliphatic heterocycles. The van der Waals surface area contributed by atoms with Crippen molar-refractivity contribution < 1.29 is 0 Å². The molecular weight excluding hydrogens is 637 g/mol. The molecule has 0 aliphatic carbocycles. The van der Waals surface area contributed by atoms with E-state index in [1.54, 1.807) is 23.2 Å². The van der Waals surface area contributed by atoms with Crippen LogP contribution in [0.4, 0.5) is 0 Å². The summed E-state index contributed by atoms with van der Waals surface area (Å²) in [5.74, 6) is 15.0. The Morgan fingerprint density at radius 1 is 0.706 bits per heavy atom. The van der Waals surface area contributed by atoms with E-state index in [9.17, 15) is 9.59 Å². The van der Waals surface area contributed by atoms with Crippen LogP contribution < -0.4 is 11.1 Å². The number of hydrogen-bond acceptors (Lipinski definition) is 8. The highest BCUT2D eigenvalue weighted by Gasteiger charge is 2.22. The van der Waals surface area contributed by atoms with Gasteiger partial charge in [0.25, 0.3) is 11.1 Å². The molecule has 0 saturated carbocycles. The zero-order chi connectivity index (χ0) is 34.7. The molecule has 0 amide bonds. The lowest BCUT2D eigenvalue weighted by molar-refractivity contribution is 0.432. The van der Waals surface area contributed by atoms with E-state index in [0.717, 1.165) is 62.3 Å². The lowest BCUT2D eigenvalue weighted by Gasteiger charge is -2.14. The minimum atomic E-state index is -0.112. The Morgan fingerprint density at radius 2 is 1.41 bits per heavy atom. The predicted octanol–water partition coefficient (Wildman–Crippen LogP) is 5.04. The first-order valence-corrected chi connectivity index (χ1v) is 17.7. The fraction of sp³-hybridized carbons (Fsp3) is 0.317. The summed E-state index contributed by atoms with van der Waals surface area (Å²) in [6, 6.07) is 15.2. The lowest BCUT2D eigenvalue weighted by Crippen LogP contribution is -2.25. The van der Waals surface area contributed by atoms with Crippen molar-refractivity contribution >= 4 is 22.1 Å². The summed E-state index contributed by atoms with van der Waals surface area (Å²) in [6.07, 6.45) is 12.1. The SMILES string of the molecule is CCC1CCc2nc3cc(C#Cc4cccc(CC5CCCn6c(nc7cc(C#Cc8ccccn8)cnc7c6=O)C5)n4)cnc3c(=O)n2CC1. The molecule has 0 saturated heterocycles. The molecule has 0 aromatic carbocycles. The van der Waals surface area contributed by atoms with Crippen molar-refractivity contribution in [3.8, 4) is 23.7 Å². The second-order valence-electron chi connectivity index (χ2n) is 13.4. The van der Waals surface area contributed by atoms with E-state index in [2.05, 4.69) is 45.6 Å². The molecular formula is C41H36N8O2. The highest BCUT2D eigenvalue weighted by molar-refractivity contribution is 5.75. The van der Waals surface area contributed by atoms with Gasteiger partial charge in [-0.15, -0.1) is 0 Å². The third-order valence-electron chi connectivity index (χ3n) is 9.97. The molecule has 252 valence electrons. The molecule has 51 heavy (non-hydrogen) atoms. The third-order valence-corrected chi connectivity index (χ3v) is 9.97. The Hall–Kier alpha value is -6.00. The van der Waals surface area contributed by atoms with Gasteiger partial charge in [-0.05, 0) is 92.2 Å². The molecule has 8 rings (SSSR count). The molecule has 6 aromatic rings. The van der Waals surface area contributed by atoms with Crippen LogP contribution in [0.5, 0.6) is 0 Å². The Kier molecular flexibility index (Phi) is 8.90. The molecule has 2 atom stereocenters. The van der Waals surface area contributed by atoms with Gasteiger partial charge in [-0.1, -0.05) is 37.3 Å². The van der Waals surface area contributed by atoms with Crippen LogP contribution in [0.2, 0.25) is 0 Å². The molecule has 2 unspecified atom stereocenters. The maximum absolute atomic E-state index is 13.5. The fourth-order valence-electron chi connectivity index (χ4n) is 7.18. The van der Waals surface area contributed by atoms with Crippen LogP contribution in [0.15, 0.2) is 76.7 Å². The average molecular weight is 673 g/mol. The summed E-state index contributed by atoms with van der Waals surface area (Å²) in [5, 5.41) is 0. The van der Waals surface area contributed by atoms with Gasteiger partial charge in [-0.3, -0.25) is 18.7 Å². The average Bonchev–Trinajstić information content (AvgIpc) is 3.49. The number of pyridine rings is 4. The minimum Gasteiger partial charge on any atom is -0.295 e. The van der Waals surface area contributed by atoms with Gasteiger partial charge in [-0.2, -0.15) is 0 Å². The van der Waals surface area contributed by atoms with E-state index in [-0.39, 0.29) is 17.0 Å². The molecule has 0 bridgehead atoms. The maximum atomic E-state index is 13.5. The maximum Gasteiger partial charge on any atom is 0.280 e. The van der Waals surface area contributed by atoms with Crippen molar-refractivity contribution in [1.82, 2.24) is 39.0 Å². The molecule has 8 heterocycles. The number of hydrogen-bond donors (Lipinski definition) is 0. The summed E-state index contributed by atoms with van der Waals surface area (Å²) in [5.41, 5.74) is 5.35. The molecule has 0 N–H and O–H groups in total. The van der Waals surface area contributed by atoms with E-state index < -0.39 is 0 Å². The van der Waals surface area contributed by atoms with Gasteiger partial charge in [-0.25, -0.2) is 29.9 Å². The van der Waals surface area contributed by atoms with Crippen LogP contribution in [-0.4, -0.2) is 39.0 Å². The summed E-state index contributed by atoms with van der Waals surface area (Å²) >= 11 is 0. The summed E-state index contributed by atoms with van der Waals surface area (Å²) < 4.78 is 3.59. The first-order chi connectivity index (χ1) is 25.0. The molecule has 0 fully saturated rings. The van der Waals surface area contributed by atoms with Crippen molar-refractivity contribution in [1.29, 1.82) is 0 Å². The second kappa shape index (κ2) is 14.1. The topological polar surface area (TPSA) is 121 Å². The van der Waals surface area contributed by atoms with Gasteiger partial charge in [0.05, 0.1) is 11.0 Å². The quantitative estimate of drug-likeness (QED) is 0.240. The van der Waals surface area contributed by atoms with Crippen LogP contribution in [0, 0.1) is 35.5 Å². The molecule has 10 heteroatoms. The molecule has 0 radical (unpaired) electrons. The predicted molar refractivity (Wildman–Crippen MR) is 195 cm³/mol. The van der Waals surface area contributed by atoms with E-state index in [1.165, 1.54) is 0 Å². The van der Waals surface area contributed by atoms with Crippen LogP contribution in [0.25, 0.3) is 22.1 Å². The Labute approximate surface area is 295 Å². The highest BCUT2D eigenvalue weighted by Crippen LogP contribution is 2.24. The highest BCUT2D eigenvalue weighted by atomic mass is 16.1. The van der Waals surface area contributed by atoms with Crippen molar-refractivity contribution in [2.45, 2.75) is 71.4 Å². The zero-order valence-corrected chi connectivity index (χ0v) is 28.5. The Balaban J connectivity index is 1.00. The van der Waals surface area contributed by atoms with Crippen molar-refractivity contribution in [3.05, 3.63) is 128 Å². The monoisotopic (exact) mass is 672 g/mol. The van der Waals surface area contributed by atoms with Crippen LogP contribution >= 0.6 is 0 Å². The Morgan fingerprint density at radius 3 is 2.14 bits per heavy atom. The number of aromatic nitrogens is 8. The molecule has 6 aromatic heterocycles. The van der Waals surface area contributed by atoms with Gasteiger partial charge in [0.15, 0.2) is 11.0 Å². The van der Waals surface area contributed by atoms with Crippen molar-refractivity contribution in [3.63, 3.8) is 0 Å². The number of aryl methyl sites for hydroxylation is 1. The van der Waals surface area contributed by atoms with Gasteiger partial charge in [0.1, 0.15) is 23.0 Å².